The highest BCUT2D eigenvalue weighted by molar-refractivity contribution is 6.31. The van der Waals surface area contributed by atoms with E-state index in [1.54, 1.807) is 20.8 Å². The van der Waals surface area contributed by atoms with Gasteiger partial charge in [0.1, 0.15) is 18.0 Å². The van der Waals surface area contributed by atoms with E-state index in [2.05, 4.69) is 0 Å². The summed E-state index contributed by atoms with van der Waals surface area (Å²) in [6.45, 7) is 4.88. The summed E-state index contributed by atoms with van der Waals surface area (Å²) < 4.78 is 18.6. The predicted octanol–water partition coefficient (Wildman–Crippen LogP) is 2.47. The summed E-state index contributed by atoms with van der Waals surface area (Å²) in [5.41, 5.74) is 4.48. The van der Waals surface area contributed by atoms with E-state index in [1.807, 2.05) is 0 Å². The van der Waals surface area contributed by atoms with Crippen LogP contribution < -0.4 is 5.73 Å². The molecule has 2 N–H and O–H groups in total. The molecule has 0 heterocycles. The van der Waals surface area contributed by atoms with E-state index < -0.39 is 23.3 Å². The summed E-state index contributed by atoms with van der Waals surface area (Å²) in [5, 5.41) is 0.0516. The summed E-state index contributed by atoms with van der Waals surface area (Å²) in [7, 11) is 1.39. The molecule has 1 amide bonds. The van der Waals surface area contributed by atoms with E-state index in [0.717, 1.165) is 11.0 Å². The number of likely N-dealkylation sites (N-methyl/N-ethyl adjacent to an activating group) is 1. The number of halogens is 2. The van der Waals surface area contributed by atoms with Crippen LogP contribution in [0.3, 0.4) is 0 Å². The molecule has 0 aromatic heterocycles. The molecule has 0 atom stereocenters. The van der Waals surface area contributed by atoms with Gasteiger partial charge in [0.05, 0.1) is 11.3 Å². The minimum Gasteiger partial charge on any atom is -0.459 e. The first-order valence-corrected chi connectivity index (χ1v) is 6.61. The Kier molecular flexibility index (Phi) is 5.17. The Morgan fingerprint density at radius 2 is 1.95 bits per heavy atom. The Labute approximate surface area is 127 Å². The second kappa shape index (κ2) is 6.30. The van der Waals surface area contributed by atoms with Gasteiger partial charge in [-0.25, -0.2) is 4.39 Å². The molecule has 1 aromatic carbocycles. The molecule has 0 saturated heterocycles. The SMILES string of the molecule is CN(CC(=O)OC(C)(C)C)C(=O)c1cc(Cl)cc(F)c1N. The summed E-state index contributed by atoms with van der Waals surface area (Å²) in [6.07, 6.45) is 0. The highest BCUT2D eigenvalue weighted by Gasteiger charge is 2.23. The van der Waals surface area contributed by atoms with Gasteiger partial charge in [-0.05, 0) is 32.9 Å². The van der Waals surface area contributed by atoms with Crippen LogP contribution in [0.15, 0.2) is 12.1 Å². The Balaban J connectivity index is 2.87. The van der Waals surface area contributed by atoms with Crippen molar-refractivity contribution in [2.45, 2.75) is 26.4 Å². The monoisotopic (exact) mass is 316 g/mol. The van der Waals surface area contributed by atoms with E-state index in [4.69, 9.17) is 22.1 Å². The number of nitrogen functional groups attached to an aromatic ring is 1. The number of anilines is 1. The largest absolute Gasteiger partial charge is 0.459 e. The maximum atomic E-state index is 13.5. The van der Waals surface area contributed by atoms with Crippen LogP contribution in [0.25, 0.3) is 0 Å². The fourth-order valence-corrected chi connectivity index (χ4v) is 1.81. The van der Waals surface area contributed by atoms with Gasteiger partial charge in [0, 0.05) is 12.1 Å². The molecule has 0 bridgehead atoms. The zero-order valence-electron chi connectivity index (χ0n) is 12.4. The number of carbonyl (C=O) groups excluding carboxylic acids is 2. The molecular weight excluding hydrogens is 299 g/mol. The average molecular weight is 317 g/mol. The van der Waals surface area contributed by atoms with Gasteiger partial charge in [0.2, 0.25) is 0 Å². The van der Waals surface area contributed by atoms with Crippen LogP contribution >= 0.6 is 11.6 Å². The van der Waals surface area contributed by atoms with Crippen LogP contribution in [0.5, 0.6) is 0 Å². The Morgan fingerprint density at radius 3 is 2.48 bits per heavy atom. The number of esters is 1. The van der Waals surface area contributed by atoms with Gasteiger partial charge >= 0.3 is 5.97 Å². The quantitative estimate of drug-likeness (QED) is 0.687. The predicted molar refractivity (Wildman–Crippen MR) is 78.6 cm³/mol. The molecule has 0 radical (unpaired) electrons. The Morgan fingerprint density at radius 1 is 1.38 bits per heavy atom. The van der Waals surface area contributed by atoms with Crippen molar-refractivity contribution in [1.29, 1.82) is 0 Å². The third-order valence-electron chi connectivity index (χ3n) is 2.46. The first kappa shape index (κ1) is 17.2. The van der Waals surface area contributed by atoms with Crippen molar-refractivity contribution in [3.05, 3.63) is 28.5 Å². The maximum absolute atomic E-state index is 13.5. The summed E-state index contributed by atoms with van der Waals surface area (Å²) >= 11 is 5.71. The van der Waals surface area contributed by atoms with Crippen LogP contribution in [-0.2, 0) is 9.53 Å². The molecular formula is C14H18ClFN2O3. The molecule has 116 valence electrons. The zero-order chi connectivity index (χ0) is 16.4. The van der Waals surface area contributed by atoms with E-state index in [9.17, 15) is 14.0 Å². The lowest BCUT2D eigenvalue weighted by Crippen LogP contribution is -2.36. The Bertz CT molecular complexity index is 570. The number of amides is 1. The van der Waals surface area contributed by atoms with Crippen molar-refractivity contribution in [2.24, 2.45) is 0 Å². The van der Waals surface area contributed by atoms with Crippen LogP contribution in [-0.4, -0.2) is 36.0 Å². The molecule has 0 aliphatic carbocycles. The number of rotatable bonds is 3. The summed E-state index contributed by atoms with van der Waals surface area (Å²) in [6, 6.07) is 2.27. The molecule has 1 aromatic rings. The maximum Gasteiger partial charge on any atom is 0.326 e. The summed E-state index contributed by atoms with van der Waals surface area (Å²) in [5.74, 6) is -1.96. The molecule has 0 fully saturated rings. The van der Waals surface area contributed by atoms with E-state index in [0.29, 0.717) is 0 Å². The zero-order valence-corrected chi connectivity index (χ0v) is 13.1. The van der Waals surface area contributed by atoms with Gasteiger partial charge in [-0.15, -0.1) is 0 Å². The van der Waals surface area contributed by atoms with Crippen LogP contribution in [0, 0.1) is 5.82 Å². The van der Waals surface area contributed by atoms with Crippen LogP contribution in [0.1, 0.15) is 31.1 Å². The molecule has 1 rings (SSSR count). The highest BCUT2D eigenvalue weighted by atomic mass is 35.5. The first-order valence-electron chi connectivity index (χ1n) is 6.23. The number of carbonyl (C=O) groups is 2. The van der Waals surface area contributed by atoms with Crippen molar-refractivity contribution < 1.29 is 18.7 Å². The van der Waals surface area contributed by atoms with Crippen LogP contribution in [0.2, 0.25) is 5.02 Å². The topological polar surface area (TPSA) is 72.6 Å². The molecule has 7 heteroatoms. The summed E-state index contributed by atoms with van der Waals surface area (Å²) in [4.78, 5) is 25.0. The second-order valence-corrected chi connectivity index (χ2v) is 6.03. The first-order chi connectivity index (χ1) is 9.51. The van der Waals surface area contributed by atoms with Gasteiger partial charge in [-0.3, -0.25) is 9.59 Å². The van der Waals surface area contributed by atoms with Gasteiger partial charge < -0.3 is 15.4 Å². The normalized spacial score (nSPS) is 11.1. The van der Waals surface area contributed by atoms with Gasteiger partial charge in [-0.2, -0.15) is 0 Å². The van der Waals surface area contributed by atoms with E-state index in [-0.39, 0.29) is 22.8 Å². The lowest BCUT2D eigenvalue weighted by molar-refractivity contribution is -0.155. The number of nitrogens with two attached hydrogens (primary N) is 1. The molecule has 21 heavy (non-hydrogen) atoms. The minimum absolute atomic E-state index is 0.0516. The lowest BCUT2D eigenvalue weighted by atomic mass is 10.1. The fraction of sp³-hybridized carbons (Fsp3) is 0.429. The third-order valence-corrected chi connectivity index (χ3v) is 2.68. The van der Waals surface area contributed by atoms with Crippen molar-refractivity contribution in [3.8, 4) is 0 Å². The molecule has 0 spiro atoms. The molecule has 0 saturated carbocycles. The van der Waals surface area contributed by atoms with Gasteiger partial charge in [0.25, 0.3) is 5.91 Å². The van der Waals surface area contributed by atoms with Crippen LogP contribution in [0.4, 0.5) is 10.1 Å². The Hall–Kier alpha value is -1.82. The molecule has 0 unspecified atom stereocenters. The number of hydrogen-bond acceptors (Lipinski definition) is 4. The number of nitrogens with zero attached hydrogens (tertiary/aromatic N) is 1. The second-order valence-electron chi connectivity index (χ2n) is 5.60. The average Bonchev–Trinajstić information content (AvgIpc) is 2.30. The standard InChI is InChI=1S/C14H18ClFN2O3/c1-14(2,3)21-11(19)7-18(4)13(20)9-5-8(15)6-10(16)12(9)17/h5-6H,7,17H2,1-4H3. The van der Waals surface area contributed by atoms with Gasteiger partial charge in [0.15, 0.2) is 0 Å². The minimum atomic E-state index is -0.781. The lowest BCUT2D eigenvalue weighted by Gasteiger charge is -2.23. The van der Waals surface area contributed by atoms with E-state index in [1.165, 1.54) is 13.1 Å². The number of benzene rings is 1. The third kappa shape index (κ3) is 4.90. The van der Waals surface area contributed by atoms with Gasteiger partial charge in [-0.1, -0.05) is 11.6 Å². The van der Waals surface area contributed by atoms with Crippen molar-refractivity contribution in [1.82, 2.24) is 4.90 Å². The number of hydrogen-bond donors (Lipinski definition) is 1. The molecule has 0 aliphatic heterocycles. The van der Waals surface area contributed by atoms with E-state index >= 15 is 0 Å². The number of ether oxygens (including phenoxy) is 1. The van der Waals surface area contributed by atoms with Crippen molar-refractivity contribution >= 4 is 29.2 Å². The fourth-order valence-electron chi connectivity index (χ4n) is 1.61. The molecule has 5 nitrogen and oxygen atoms in total. The van der Waals surface area contributed by atoms with Crippen molar-refractivity contribution in [3.63, 3.8) is 0 Å². The molecule has 0 aliphatic rings. The smallest absolute Gasteiger partial charge is 0.326 e. The van der Waals surface area contributed by atoms with Crippen molar-refractivity contribution in [2.75, 3.05) is 19.3 Å². The highest BCUT2D eigenvalue weighted by Crippen LogP contribution is 2.23.